The quantitative estimate of drug-likeness (QED) is 0.938. The average molecular weight is 306 g/mol. The van der Waals surface area contributed by atoms with Gasteiger partial charge in [-0.2, -0.15) is 0 Å². The molecule has 1 atom stereocenters. The molecule has 2 aromatic rings. The highest BCUT2D eigenvalue weighted by Gasteiger charge is 2.20. The lowest BCUT2D eigenvalue weighted by molar-refractivity contribution is 0.352. The molecule has 1 aromatic carbocycles. The number of benzene rings is 1. The Morgan fingerprint density at radius 1 is 1.38 bits per heavy atom. The van der Waals surface area contributed by atoms with E-state index in [2.05, 4.69) is 9.97 Å². The molecule has 3 rings (SSSR count). The Bertz CT molecular complexity index is 663. The Morgan fingerprint density at radius 2 is 2.24 bits per heavy atom. The van der Waals surface area contributed by atoms with Gasteiger partial charge in [0.05, 0.1) is 25.5 Å². The van der Waals surface area contributed by atoms with Gasteiger partial charge in [0.15, 0.2) is 0 Å². The number of ether oxygens (including phenoxy) is 2. The summed E-state index contributed by atoms with van der Waals surface area (Å²) in [5, 5.41) is 0.710. The first-order chi connectivity index (χ1) is 10.2. The monoisotopic (exact) mass is 305 g/mol. The van der Waals surface area contributed by atoms with Gasteiger partial charge in [-0.25, -0.2) is 9.97 Å². The maximum Gasteiger partial charge on any atom is 0.216 e. The number of nitrogens with zero attached hydrogens (tertiary/aromatic N) is 2. The van der Waals surface area contributed by atoms with Crippen LogP contribution in [0.2, 0.25) is 5.02 Å². The Morgan fingerprint density at radius 3 is 3.05 bits per heavy atom. The lowest BCUT2D eigenvalue weighted by atomic mass is 10.00. The highest BCUT2D eigenvalue weighted by Crippen LogP contribution is 2.34. The van der Waals surface area contributed by atoms with Gasteiger partial charge in [0.25, 0.3) is 0 Å². The second-order valence-corrected chi connectivity index (χ2v) is 5.38. The van der Waals surface area contributed by atoms with Crippen molar-refractivity contribution in [1.29, 1.82) is 0 Å². The van der Waals surface area contributed by atoms with E-state index in [-0.39, 0.29) is 6.04 Å². The fourth-order valence-electron chi connectivity index (χ4n) is 2.51. The van der Waals surface area contributed by atoms with E-state index in [1.54, 1.807) is 13.2 Å². The molecule has 0 saturated carbocycles. The summed E-state index contributed by atoms with van der Waals surface area (Å²) in [7, 11) is 1.56. The van der Waals surface area contributed by atoms with Gasteiger partial charge in [-0.1, -0.05) is 11.6 Å². The molecule has 110 valence electrons. The fraction of sp³-hybridized carbons (Fsp3) is 0.333. The van der Waals surface area contributed by atoms with Crippen LogP contribution in [0.25, 0.3) is 0 Å². The summed E-state index contributed by atoms with van der Waals surface area (Å²) in [6.07, 6.45) is 2.94. The molecule has 0 bridgehead atoms. The lowest BCUT2D eigenvalue weighted by Crippen LogP contribution is -2.15. The van der Waals surface area contributed by atoms with Gasteiger partial charge in [-0.15, -0.1) is 0 Å². The van der Waals surface area contributed by atoms with Gasteiger partial charge >= 0.3 is 0 Å². The maximum atomic E-state index is 6.25. The molecule has 0 saturated heterocycles. The van der Waals surface area contributed by atoms with Crippen LogP contribution in [0.15, 0.2) is 24.5 Å². The first kappa shape index (κ1) is 14.1. The molecule has 6 heteroatoms. The van der Waals surface area contributed by atoms with Crippen molar-refractivity contribution < 1.29 is 9.47 Å². The molecule has 2 heterocycles. The number of hydrogen-bond acceptors (Lipinski definition) is 5. The molecule has 0 amide bonds. The first-order valence-electron chi connectivity index (χ1n) is 6.73. The molecule has 0 spiro atoms. The van der Waals surface area contributed by atoms with Gasteiger partial charge < -0.3 is 15.2 Å². The minimum atomic E-state index is -0.270. The van der Waals surface area contributed by atoms with Gasteiger partial charge in [0.2, 0.25) is 5.88 Å². The van der Waals surface area contributed by atoms with Gasteiger partial charge in [-0.05, 0) is 29.7 Å². The zero-order valence-corrected chi connectivity index (χ0v) is 12.4. The molecule has 0 radical (unpaired) electrons. The van der Waals surface area contributed by atoms with Crippen LogP contribution in [-0.2, 0) is 12.8 Å². The molecule has 5 nitrogen and oxygen atoms in total. The number of hydrogen-bond donors (Lipinski definition) is 1. The van der Waals surface area contributed by atoms with Crippen LogP contribution in [0.1, 0.15) is 22.9 Å². The lowest BCUT2D eigenvalue weighted by Gasteiger charge is -2.14. The van der Waals surface area contributed by atoms with Crippen molar-refractivity contribution >= 4 is 11.6 Å². The number of rotatable bonds is 4. The highest BCUT2D eigenvalue weighted by atomic mass is 35.5. The van der Waals surface area contributed by atoms with E-state index in [4.69, 9.17) is 26.8 Å². The first-order valence-corrected chi connectivity index (χ1v) is 7.11. The van der Waals surface area contributed by atoms with Crippen molar-refractivity contribution in [2.75, 3.05) is 13.7 Å². The van der Waals surface area contributed by atoms with E-state index in [9.17, 15) is 0 Å². The van der Waals surface area contributed by atoms with Crippen LogP contribution in [0, 0.1) is 0 Å². The van der Waals surface area contributed by atoms with Crippen molar-refractivity contribution in [1.82, 2.24) is 9.97 Å². The van der Waals surface area contributed by atoms with E-state index in [0.717, 1.165) is 29.0 Å². The third-order valence-electron chi connectivity index (χ3n) is 3.52. The molecule has 0 fully saturated rings. The third kappa shape index (κ3) is 2.94. The summed E-state index contributed by atoms with van der Waals surface area (Å²) < 4.78 is 10.8. The number of halogens is 1. The van der Waals surface area contributed by atoms with Crippen molar-refractivity contribution in [3.8, 4) is 11.6 Å². The number of aromatic nitrogens is 2. The number of methoxy groups -OCH3 is 1. The number of nitrogens with two attached hydrogens (primary N) is 1. The van der Waals surface area contributed by atoms with Crippen molar-refractivity contribution in [3.63, 3.8) is 0 Å². The summed E-state index contributed by atoms with van der Waals surface area (Å²) in [6.45, 7) is 0.694. The molecular formula is C15H16ClN3O2. The van der Waals surface area contributed by atoms with Crippen LogP contribution < -0.4 is 15.2 Å². The Hall–Kier alpha value is -1.85. The molecular weight excluding hydrogens is 290 g/mol. The minimum Gasteiger partial charge on any atom is -0.493 e. The molecule has 1 aliphatic heterocycles. The highest BCUT2D eigenvalue weighted by molar-refractivity contribution is 6.30. The van der Waals surface area contributed by atoms with E-state index >= 15 is 0 Å². The van der Waals surface area contributed by atoms with Crippen LogP contribution in [0.3, 0.4) is 0 Å². The molecule has 21 heavy (non-hydrogen) atoms. The summed E-state index contributed by atoms with van der Waals surface area (Å²) >= 11 is 6.16. The van der Waals surface area contributed by atoms with Crippen LogP contribution in [0.5, 0.6) is 11.6 Å². The van der Waals surface area contributed by atoms with E-state index in [0.29, 0.717) is 23.9 Å². The molecule has 0 aliphatic carbocycles. The smallest absolute Gasteiger partial charge is 0.216 e. The summed E-state index contributed by atoms with van der Waals surface area (Å²) in [5.74, 6) is 1.42. The second-order valence-electron chi connectivity index (χ2n) is 4.95. The van der Waals surface area contributed by atoms with Crippen molar-refractivity contribution in [2.24, 2.45) is 5.73 Å². The van der Waals surface area contributed by atoms with E-state index in [1.165, 1.54) is 6.33 Å². The van der Waals surface area contributed by atoms with Crippen LogP contribution in [0.4, 0.5) is 0 Å². The Balaban J connectivity index is 1.86. The Labute approximate surface area is 128 Å². The van der Waals surface area contributed by atoms with E-state index in [1.807, 2.05) is 12.1 Å². The summed E-state index contributed by atoms with van der Waals surface area (Å²) in [6, 6.07) is 5.33. The van der Waals surface area contributed by atoms with Crippen LogP contribution >= 0.6 is 11.6 Å². The van der Waals surface area contributed by atoms with Crippen molar-refractivity contribution in [3.05, 3.63) is 46.4 Å². The predicted octanol–water partition coefficient (Wildman–Crippen LogP) is 2.32. The maximum absolute atomic E-state index is 6.25. The zero-order valence-electron chi connectivity index (χ0n) is 11.7. The SMILES string of the molecule is COc1cc(C(N)Cc2cc(Cl)cc3c2OCC3)ncn1. The topological polar surface area (TPSA) is 70.3 Å². The largest absolute Gasteiger partial charge is 0.493 e. The normalized spacial score (nSPS) is 14.4. The molecule has 2 N–H and O–H groups in total. The molecule has 1 aliphatic rings. The van der Waals surface area contributed by atoms with Crippen molar-refractivity contribution in [2.45, 2.75) is 18.9 Å². The van der Waals surface area contributed by atoms with Gasteiger partial charge in [0.1, 0.15) is 12.1 Å². The van der Waals surface area contributed by atoms with Gasteiger partial charge in [-0.3, -0.25) is 0 Å². The summed E-state index contributed by atoms with van der Waals surface area (Å²) in [4.78, 5) is 8.19. The van der Waals surface area contributed by atoms with E-state index < -0.39 is 0 Å². The molecule has 1 aromatic heterocycles. The predicted molar refractivity (Wildman–Crippen MR) is 79.9 cm³/mol. The standard InChI is InChI=1S/C15H16ClN3O2/c1-20-14-7-13(18-8-19-14)12(17)6-10-5-11(16)4-9-2-3-21-15(9)10/h4-5,7-8,12H,2-3,6,17H2,1H3. The zero-order chi connectivity index (χ0) is 14.8. The summed E-state index contributed by atoms with van der Waals surface area (Å²) in [5.41, 5.74) is 9.14. The Kier molecular flexibility index (Phi) is 3.94. The fourth-order valence-corrected chi connectivity index (χ4v) is 2.77. The number of fused-ring (bicyclic) bond motifs is 1. The second kappa shape index (κ2) is 5.87. The van der Waals surface area contributed by atoms with Gasteiger partial charge in [0, 0.05) is 17.5 Å². The van der Waals surface area contributed by atoms with Crippen LogP contribution in [-0.4, -0.2) is 23.7 Å². The third-order valence-corrected chi connectivity index (χ3v) is 3.74. The minimum absolute atomic E-state index is 0.270. The molecule has 1 unspecified atom stereocenters. The average Bonchev–Trinajstić information content (AvgIpc) is 2.95.